The van der Waals surface area contributed by atoms with Crippen molar-refractivity contribution in [3.8, 4) is 5.75 Å². The van der Waals surface area contributed by atoms with Crippen LogP contribution in [0.25, 0.3) is 0 Å². The normalized spacial score (nSPS) is 11.2. The van der Waals surface area contributed by atoms with Crippen molar-refractivity contribution in [2.45, 2.75) is 33.0 Å². The number of halogens is 3. The lowest BCUT2D eigenvalue weighted by Crippen LogP contribution is -2.22. The predicted molar refractivity (Wildman–Crippen MR) is 60.1 cm³/mol. The van der Waals surface area contributed by atoms with Gasteiger partial charge in [-0.15, -0.1) is 0 Å². The molecule has 0 aromatic heterocycles. The van der Waals surface area contributed by atoms with Gasteiger partial charge < -0.3 is 10.1 Å². The molecule has 90 valence electrons. The minimum atomic E-state index is -2.86. The molecule has 0 aliphatic carbocycles. The van der Waals surface area contributed by atoms with Crippen molar-refractivity contribution in [1.29, 1.82) is 0 Å². The minimum absolute atomic E-state index is 0.0484. The molecular weight excluding hydrogens is 236 g/mol. The molecule has 2 nitrogen and oxygen atoms in total. The standard InChI is InChI=1S/C11H14ClF2NO/c1-7(2)15-6-8-4-3-5-9(12)10(8)16-11(13)14/h3-5,7,11,15H,6H2,1-2H3. The van der Waals surface area contributed by atoms with Crippen molar-refractivity contribution >= 4 is 11.6 Å². The van der Waals surface area contributed by atoms with Gasteiger partial charge in [0.2, 0.25) is 0 Å². The lowest BCUT2D eigenvalue weighted by atomic mass is 10.2. The van der Waals surface area contributed by atoms with E-state index >= 15 is 0 Å². The van der Waals surface area contributed by atoms with Gasteiger partial charge in [0.25, 0.3) is 0 Å². The largest absolute Gasteiger partial charge is 0.433 e. The fraction of sp³-hybridized carbons (Fsp3) is 0.455. The maximum absolute atomic E-state index is 12.2. The van der Waals surface area contributed by atoms with Gasteiger partial charge in [0.05, 0.1) is 5.02 Å². The number of para-hydroxylation sites is 1. The number of rotatable bonds is 5. The lowest BCUT2D eigenvalue weighted by molar-refractivity contribution is -0.0504. The smallest absolute Gasteiger partial charge is 0.387 e. The van der Waals surface area contributed by atoms with Crippen LogP contribution in [-0.2, 0) is 6.54 Å². The number of benzene rings is 1. The van der Waals surface area contributed by atoms with Crippen LogP contribution in [0, 0.1) is 0 Å². The van der Waals surface area contributed by atoms with Crippen LogP contribution in [0.5, 0.6) is 5.75 Å². The summed E-state index contributed by atoms with van der Waals surface area (Å²) in [4.78, 5) is 0. The van der Waals surface area contributed by atoms with Gasteiger partial charge in [0.1, 0.15) is 5.75 Å². The van der Waals surface area contributed by atoms with Gasteiger partial charge in [-0.25, -0.2) is 0 Å². The molecule has 1 rings (SSSR count). The first kappa shape index (κ1) is 13.2. The molecule has 0 aliphatic heterocycles. The Morgan fingerprint density at radius 3 is 2.62 bits per heavy atom. The Labute approximate surface area is 98.6 Å². The molecule has 1 aromatic carbocycles. The lowest BCUT2D eigenvalue weighted by Gasteiger charge is -2.14. The second kappa shape index (κ2) is 6.01. The third kappa shape index (κ3) is 3.94. The molecular formula is C11H14ClF2NO. The molecule has 0 radical (unpaired) electrons. The number of ether oxygens (including phenoxy) is 1. The van der Waals surface area contributed by atoms with E-state index < -0.39 is 6.61 Å². The van der Waals surface area contributed by atoms with Crippen LogP contribution >= 0.6 is 11.6 Å². The van der Waals surface area contributed by atoms with Crippen molar-refractivity contribution in [2.24, 2.45) is 0 Å². The average molecular weight is 250 g/mol. The van der Waals surface area contributed by atoms with E-state index in [0.717, 1.165) is 0 Å². The molecule has 0 bridgehead atoms. The molecule has 1 aromatic rings. The van der Waals surface area contributed by atoms with E-state index in [2.05, 4.69) is 10.1 Å². The van der Waals surface area contributed by atoms with Crippen molar-refractivity contribution in [3.63, 3.8) is 0 Å². The van der Waals surface area contributed by atoms with Crippen molar-refractivity contribution in [1.82, 2.24) is 5.32 Å². The summed E-state index contributed by atoms with van der Waals surface area (Å²) in [7, 11) is 0. The van der Waals surface area contributed by atoms with E-state index in [1.54, 1.807) is 12.1 Å². The van der Waals surface area contributed by atoms with Crippen molar-refractivity contribution < 1.29 is 13.5 Å². The number of hydrogen-bond donors (Lipinski definition) is 1. The molecule has 0 amide bonds. The van der Waals surface area contributed by atoms with Crippen LogP contribution in [0.1, 0.15) is 19.4 Å². The van der Waals surface area contributed by atoms with E-state index in [9.17, 15) is 8.78 Å². The Morgan fingerprint density at radius 1 is 1.38 bits per heavy atom. The summed E-state index contributed by atoms with van der Waals surface area (Å²) < 4.78 is 28.8. The highest BCUT2D eigenvalue weighted by Crippen LogP contribution is 2.30. The minimum Gasteiger partial charge on any atom is -0.433 e. The topological polar surface area (TPSA) is 21.3 Å². The zero-order valence-electron chi connectivity index (χ0n) is 9.14. The monoisotopic (exact) mass is 249 g/mol. The first-order valence-corrected chi connectivity index (χ1v) is 5.34. The molecule has 0 saturated carbocycles. The molecule has 0 saturated heterocycles. The van der Waals surface area contributed by atoms with Gasteiger partial charge in [0, 0.05) is 18.2 Å². The summed E-state index contributed by atoms with van der Waals surface area (Å²) in [6.45, 7) is 1.52. The highest BCUT2D eigenvalue weighted by molar-refractivity contribution is 6.32. The Bertz CT molecular complexity index is 345. The van der Waals surface area contributed by atoms with E-state index in [1.165, 1.54) is 6.07 Å². The summed E-state index contributed by atoms with van der Waals surface area (Å²) in [5.41, 5.74) is 0.626. The van der Waals surface area contributed by atoms with Gasteiger partial charge in [-0.1, -0.05) is 37.6 Å². The molecule has 0 heterocycles. The number of hydrogen-bond acceptors (Lipinski definition) is 2. The fourth-order valence-electron chi connectivity index (χ4n) is 1.23. The highest BCUT2D eigenvalue weighted by atomic mass is 35.5. The van der Waals surface area contributed by atoms with Crippen LogP contribution in [0.2, 0.25) is 5.02 Å². The molecule has 0 spiro atoms. The maximum atomic E-state index is 12.2. The Hall–Kier alpha value is -0.870. The second-order valence-corrected chi connectivity index (χ2v) is 4.05. The Balaban J connectivity index is 2.85. The van der Waals surface area contributed by atoms with Crippen LogP contribution in [0.4, 0.5) is 8.78 Å². The molecule has 0 atom stereocenters. The molecule has 5 heteroatoms. The van der Waals surface area contributed by atoms with E-state index in [-0.39, 0.29) is 16.8 Å². The zero-order chi connectivity index (χ0) is 12.1. The van der Waals surface area contributed by atoms with E-state index in [0.29, 0.717) is 12.1 Å². The van der Waals surface area contributed by atoms with E-state index in [1.807, 2.05) is 13.8 Å². The molecule has 16 heavy (non-hydrogen) atoms. The summed E-state index contributed by atoms with van der Waals surface area (Å²) in [6.07, 6.45) is 0. The fourth-order valence-corrected chi connectivity index (χ4v) is 1.47. The quantitative estimate of drug-likeness (QED) is 0.863. The van der Waals surface area contributed by atoms with Gasteiger partial charge in [-0.3, -0.25) is 0 Å². The van der Waals surface area contributed by atoms with Crippen LogP contribution < -0.4 is 10.1 Å². The molecule has 1 N–H and O–H groups in total. The first-order chi connectivity index (χ1) is 7.50. The van der Waals surface area contributed by atoms with Gasteiger partial charge in [-0.2, -0.15) is 8.78 Å². The molecule has 0 aliphatic rings. The zero-order valence-corrected chi connectivity index (χ0v) is 9.89. The second-order valence-electron chi connectivity index (χ2n) is 3.64. The molecule has 0 unspecified atom stereocenters. The maximum Gasteiger partial charge on any atom is 0.387 e. The summed E-state index contributed by atoms with van der Waals surface area (Å²) >= 11 is 5.80. The first-order valence-electron chi connectivity index (χ1n) is 4.96. The van der Waals surface area contributed by atoms with Crippen molar-refractivity contribution in [3.05, 3.63) is 28.8 Å². The van der Waals surface area contributed by atoms with E-state index in [4.69, 9.17) is 11.6 Å². The third-order valence-electron chi connectivity index (χ3n) is 1.96. The highest BCUT2D eigenvalue weighted by Gasteiger charge is 2.13. The number of nitrogens with one attached hydrogen (secondary N) is 1. The predicted octanol–water partition coefficient (Wildman–Crippen LogP) is 3.44. The van der Waals surface area contributed by atoms with Gasteiger partial charge >= 0.3 is 6.61 Å². The Kier molecular flexibility index (Phi) is 4.96. The summed E-state index contributed by atoms with van der Waals surface area (Å²) in [5.74, 6) is 0.0484. The third-order valence-corrected chi connectivity index (χ3v) is 2.25. The molecule has 0 fully saturated rings. The van der Waals surface area contributed by atoms with Crippen LogP contribution in [0.15, 0.2) is 18.2 Å². The Morgan fingerprint density at radius 2 is 2.06 bits per heavy atom. The summed E-state index contributed by atoms with van der Waals surface area (Å²) in [6, 6.07) is 5.20. The number of alkyl halides is 2. The summed E-state index contributed by atoms with van der Waals surface area (Å²) in [5, 5.41) is 3.32. The van der Waals surface area contributed by atoms with Crippen LogP contribution in [0.3, 0.4) is 0 Å². The van der Waals surface area contributed by atoms with Crippen LogP contribution in [-0.4, -0.2) is 12.7 Å². The SMILES string of the molecule is CC(C)NCc1cccc(Cl)c1OC(F)F. The average Bonchev–Trinajstić information content (AvgIpc) is 2.18. The van der Waals surface area contributed by atoms with Gasteiger partial charge in [0.15, 0.2) is 0 Å². The van der Waals surface area contributed by atoms with Crippen molar-refractivity contribution in [2.75, 3.05) is 0 Å². The van der Waals surface area contributed by atoms with Gasteiger partial charge in [-0.05, 0) is 6.07 Å².